The summed E-state index contributed by atoms with van der Waals surface area (Å²) in [4.78, 5) is 29.4. The molecule has 0 spiro atoms. The zero-order valence-electron chi connectivity index (χ0n) is 14.9. The van der Waals surface area contributed by atoms with E-state index < -0.39 is 6.10 Å². The molecule has 1 amide bonds. The Morgan fingerprint density at radius 1 is 1.38 bits per heavy atom. The molecule has 2 aromatic rings. The number of ether oxygens (including phenoxy) is 1. The minimum Gasteiger partial charge on any atom is -0.452 e. The average molecular weight is 372 g/mol. The van der Waals surface area contributed by atoms with E-state index in [9.17, 15) is 9.59 Å². The fraction of sp³-hybridized carbons (Fsp3) is 0.450. The van der Waals surface area contributed by atoms with E-state index >= 15 is 0 Å². The number of esters is 1. The number of rotatable bonds is 6. The molecule has 6 heteroatoms. The fourth-order valence-corrected chi connectivity index (χ4v) is 4.56. The summed E-state index contributed by atoms with van der Waals surface area (Å²) in [6.07, 6.45) is 4.58. The van der Waals surface area contributed by atoms with Gasteiger partial charge >= 0.3 is 5.97 Å². The standard InChI is InChI=1S/C20H24N2O3S/c1-3-12-21-18(23)13(2)25-20(24)15-9-5-4-8-14(15)19-22-16-10-6-7-11-17(16)26-19/h3,6-7,10-11,13-15H,1,4-5,8-9,12H2,2H3,(H,21,23)/t13-,14-,15-/m0/s1. The lowest BCUT2D eigenvalue weighted by Crippen LogP contribution is -2.38. The van der Waals surface area contributed by atoms with Gasteiger partial charge in [-0.3, -0.25) is 9.59 Å². The van der Waals surface area contributed by atoms with Crippen LogP contribution in [0, 0.1) is 5.92 Å². The number of benzene rings is 1. The molecule has 1 aliphatic rings. The molecule has 3 atom stereocenters. The average Bonchev–Trinajstić information content (AvgIpc) is 3.10. The third-order valence-electron chi connectivity index (χ3n) is 4.78. The molecule has 26 heavy (non-hydrogen) atoms. The molecular formula is C20H24N2O3S. The van der Waals surface area contributed by atoms with Crippen LogP contribution in [-0.2, 0) is 14.3 Å². The van der Waals surface area contributed by atoms with Gasteiger partial charge in [0.2, 0.25) is 0 Å². The SMILES string of the molecule is C=CCNC(=O)[C@H](C)OC(=O)[C@H]1CCCC[C@@H]1c1nc2ccccc2s1. The molecule has 0 radical (unpaired) electrons. The summed E-state index contributed by atoms with van der Waals surface area (Å²) in [5.74, 6) is -0.767. The topological polar surface area (TPSA) is 68.3 Å². The van der Waals surface area contributed by atoms with E-state index in [-0.39, 0.29) is 23.7 Å². The second-order valence-electron chi connectivity index (χ2n) is 6.63. The Bertz CT molecular complexity index is 768. The van der Waals surface area contributed by atoms with Gasteiger partial charge < -0.3 is 10.1 Å². The summed E-state index contributed by atoms with van der Waals surface area (Å²) in [5, 5.41) is 3.65. The summed E-state index contributed by atoms with van der Waals surface area (Å²) in [6.45, 7) is 5.52. The fourth-order valence-electron chi connectivity index (χ4n) is 3.39. The van der Waals surface area contributed by atoms with E-state index in [1.807, 2.05) is 18.2 Å². The summed E-state index contributed by atoms with van der Waals surface area (Å²) in [7, 11) is 0. The third kappa shape index (κ3) is 4.12. The Morgan fingerprint density at radius 3 is 2.92 bits per heavy atom. The van der Waals surface area contributed by atoms with Crippen molar-refractivity contribution in [3.8, 4) is 0 Å². The van der Waals surface area contributed by atoms with Crippen molar-refractivity contribution in [2.75, 3.05) is 6.54 Å². The van der Waals surface area contributed by atoms with Gasteiger partial charge in [-0.15, -0.1) is 17.9 Å². The molecule has 0 unspecified atom stereocenters. The molecule has 0 saturated heterocycles. The molecule has 0 bridgehead atoms. The van der Waals surface area contributed by atoms with E-state index in [0.717, 1.165) is 40.9 Å². The molecule has 3 rings (SSSR count). The first-order valence-electron chi connectivity index (χ1n) is 9.04. The molecule has 1 N–H and O–H groups in total. The van der Waals surface area contributed by atoms with Gasteiger partial charge in [0.25, 0.3) is 5.91 Å². The molecular weight excluding hydrogens is 348 g/mol. The van der Waals surface area contributed by atoms with Gasteiger partial charge in [0, 0.05) is 12.5 Å². The lowest BCUT2D eigenvalue weighted by atomic mass is 9.79. The number of thiazole rings is 1. The number of carbonyl (C=O) groups excluding carboxylic acids is 2. The molecule has 5 nitrogen and oxygen atoms in total. The van der Waals surface area contributed by atoms with Gasteiger partial charge in [-0.1, -0.05) is 31.1 Å². The first kappa shape index (κ1) is 18.6. The molecule has 1 aromatic carbocycles. The van der Waals surface area contributed by atoms with Gasteiger partial charge in [-0.25, -0.2) is 4.98 Å². The first-order chi connectivity index (χ1) is 12.6. The molecule has 1 aliphatic carbocycles. The first-order valence-corrected chi connectivity index (χ1v) is 9.86. The maximum absolute atomic E-state index is 12.7. The van der Waals surface area contributed by atoms with Crippen LogP contribution < -0.4 is 5.32 Å². The normalized spacial score (nSPS) is 21.1. The van der Waals surface area contributed by atoms with Crippen molar-refractivity contribution in [1.82, 2.24) is 10.3 Å². The molecule has 1 saturated carbocycles. The van der Waals surface area contributed by atoms with Crippen molar-refractivity contribution in [3.63, 3.8) is 0 Å². The minimum atomic E-state index is -0.805. The van der Waals surface area contributed by atoms with Crippen LogP contribution in [0.4, 0.5) is 0 Å². The lowest BCUT2D eigenvalue weighted by Gasteiger charge is -2.29. The van der Waals surface area contributed by atoms with Crippen molar-refractivity contribution in [2.45, 2.75) is 44.6 Å². The number of hydrogen-bond acceptors (Lipinski definition) is 5. The number of fused-ring (bicyclic) bond motifs is 1. The third-order valence-corrected chi connectivity index (χ3v) is 5.95. The number of nitrogens with one attached hydrogen (secondary N) is 1. The van der Waals surface area contributed by atoms with Crippen molar-refractivity contribution < 1.29 is 14.3 Å². The van der Waals surface area contributed by atoms with Gasteiger partial charge in [0.15, 0.2) is 6.10 Å². The molecule has 138 valence electrons. The van der Waals surface area contributed by atoms with Crippen LogP contribution in [0.5, 0.6) is 0 Å². The summed E-state index contributed by atoms with van der Waals surface area (Å²) in [6, 6.07) is 8.03. The lowest BCUT2D eigenvalue weighted by molar-refractivity contribution is -0.160. The number of hydrogen-bond donors (Lipinski definition) is 1. The highest BCUT2D eigenvalue weighted by molar-refractivity contribution is 7.18. The van der Waals surface area contributed by atoms with Gasteiger partial charge in [-0.05, 0) is 31.9 Å². The largest absolute Gasteiger partial charge is 0.452 e. The minimum absolute atomic E-state index is 0.0667. The van der Waals surface area contributed by atoms with Crippen LogP contribution >= 0.6 is 11.3 Å². The van der Waals surface area contributed by atoms with Crippen LogP contribution in [0.1, 0.15) is 43.5 Å². The molecule has 0 aliphatic heterocycles. The Balaban J connectivity index is 1.72. The van der Waals surface area contributed by atoms with E-state index in [2.05, 4.69) is 18.0 Å². The number of para-hydroxylation sites is 1. The highest BCUT2D eigenvalue weighted by atomic mass is 32.1. The van der Waals surface area contributed by atoms with Crippen LogP contribution in [0.3, 0.4) is 0 Å². The van der Waals surface area contributed by atoms with Crippen molar-refractivity contribution in [1.29, 1.82) is 0 Å². The second kappa shape index (κ2) is 8.45. The molecule has 1 aromatic heterocycles. The zero-order chi connectivity index (χ0) is 18.5. The monoisotopic (exact) mass is 372 g/mol. The number of aromatic nitrogens is 1. The number of carbonyl (C=O) groups is 2. The highest BCUT2D eigenvalue weighted by Crippen LogP contribution is 2.41. The van der Waals surface area contributed by atoms with Crippen LogP contribution in [-0.4, -0.2) is 29.5 Å². The van der Waals surface area contributed by atoms with Crippen LogP contribution in [0.15, 0.2) is 36.9 Å². The van der Waals surface area contributed by atoms with Gasteiger partial charge in [-0.2, -0.15) is 0 Å². The number of nitrogens with zero attached hydrogens (tertiary/aromatic N) is 1. The molecule has 1 fully saturated rings. The highest BCUT2D eigenvalue weighted by Gasteiger charge is 2.36. The van der Waals surface area contributed by atoms with E-state index in [0.29, 0.717) is 6.54 Å². The predicted molar refractivity (Wildman–Crippen MR) is 103 cm³/mol. The Hall–Kier alpha value is -2.21. The predicted octanol–water partition coefficient (Wildman–Crippen LogP) is 3.80. The van der Waals surface area contributed by atoms with E-state index in [1.54, 1.807) is 24.3 Å². The maximum Gasteiger partial charge on any atom is 0.310 e. The smallest absolute Gasteiger partial charge is 0.310 e. The Morgan fingerprint density at radius 2 is 2.15 bits per heavy atom. The Kier molecular flexibility index (Phi) is 6.04. The van der Waals surface area contributed by atoms with Gasteiger partial charge in [0.05, 0.1) is 21.1 Å². The van der Waals surface area contributed by atoms with Crippen molar-refractivity contribution >= 4 is 33.4 Å². The molecule has 1 heterocycles. The number of amides is 1. The van der Waals surface area contributed by atoms with Crippen LogP contribution in [0.2, 0.25) is 0 Å². The van der Waals surface area contributed by atoms with E-state index in [1.165, 1.54) is 0 Å². The zero-order valence-corrected chi connectivity index (χ0v) is 15.8. The second-order valence-corrected chi connectivity index (χ2v) is 7.69. The summed E-state index contributed by atoms with van der Waals surface area (Å²) < 4.78 is 6.60. The maximum atomic E-state index is 12.7. The van der Waals surface area contributed by atoms with Crippen molar-refractivity contribution in [2.24, 2.45) is 5.92 Å². The summed E-state index contributed by atoms with van der Waals surface area (Å²) >= 11 is 1.65. The van der Waals surface area contributed by atoms with Gasteiger partial charge in [0.1, 0.15) is 0 Å². The quantitative estimate of drug-likeness (QED) is 0.618. The van der Waals surface area contributed by atoms with Crippen LogP contribution in [0.25, 0.3) is 10.2 Å². The van der Waals surface area contributed by atoms with Crippen molar-refractivity contribution in [3.05, 3.63) is 41.9 Å². The Labute approximate surface area is 157 Å². The van der Waals surface area contributed by atoms with E-state index in [4.69, 9.17) is 9.72 Å². The summed E-state index contributed by atoms with van der Waals surface area (Å²) in [5.41, 5.74) is 0.974.